The van der Waals surface area contributed by atoms with Gasteiger partial charge in [0.1, 0.15) is 5.75 Å². The molecule has 0 aliphatic carbocycles. The molecular formula is C15H25NO. The van der Waals surface area contributed by atoms with Crippen LogP contribution in [0.2, 0.25) is 0 Å². The maximum atomic E-state index is 9.20. The van der Waals surface area contributed by atoms with Gasteiger partial charge in [-0.25, -0.2) is 0 Å². The fourth-order valence-electron chi connectivity index (χ4n) is 2.24. The highest BCUT2D eigenvalue weighted by Gasteiger charge is 2.16. The Morgan fingerprint density at radius 1 is 1.00 bits per heavy atom. The largest absolute Gasteiger partial charge is 0.508 e. The van der Waals surface area contributed by atoms with E-state index < -0.39 is 0 Å². The lowest BCUT2D eigenvalue weighted by Crippen LogP contribution is -2.29. The first kappa shape index (κ1) is 14.0. The van der Waals surface area contributed by atoms with Crippen molar-refractivity contribution in [2.75, 3.05) is 6.54 Å². The smallest absolute Gasteiger partial charge is 0.115 e. The van der Waals surface area contributed by atoms with E-state index in [1.807, 2.05) is 12.1 Å². The first-order chi connectivity index (χ1) is 8.00. The number of hydrogen-bond acceptors (Lipinski definition) is 2. The summed E-state index contributed by atoms with van der Waals surface area (Å²) < 4.78 is 0. The highest BCUT2D eigenvalue weighted by Crippen LogP contribution is 2.19. The van der Waals surface area contributed by atoms with E-state index in [1.54, 1.807) is 12.1 Å². The van der Waals surface area contributed by atoms with Gasteiger partial charge in [-0.05, 0) is 42.0 Å². The number of rotatable bonds is 6. The monoisotopic (exact) mass is 235 g/mol. The van der Waals surface area contributed by atoms with Crippen LogP contribution in [0.3, 0.4) is 0 Å². The van der Waals surface area contributed by atoms with E-state index in [9.17, 15) is 5.11 Å². The Morgan fingerprint density at radius 2 is 1.53 bits per heavy atom. The third kappa shape index (κ3) is 4.78. The summed E-state index contributed by atoms with van der Waals surface area (Å²) in [6, 6.07) is 7.39. The summed E-state index contributed by atoms with van der Waals surface area (Å²) in [7, 11) is 0. The zero-order chi connectivity index (χ0) is 12.8. The summed E-state index contributed by atoms with van der Waals surface area (Å²) in [4.78, 5) is 0. The Balaban J connectivity index is 2.38. The summed E-state index contributed by atoms with van der Waals surface area (Å²) in [5.74, 6) is 2.47. The molecule has 2 nitrogen and oxygen atoms in total. The van der Waals surface area contributed by atoms with Crippen LogP contribution in [0.15, 0.2) is 24.3 Å². The number of phenolic OH excluding ortho intramolecular Hbond substituents is 1. The van der Waals surface area contributed by atoms with Gasteiger partial charge in [-0.1, -0.05) is 39.8 Å². The Morgan fingerprint density at radius 3 is 2.00 bits per heavy atom. The summed E-state index contributed by atoms with van der Waals surface area (Å²) in [5.41, 5.74) is 1.22. The van der Waals surface area contributed by atoms with Gasteiger partial charge in [0.15, 0.2) is 0 Å². The van der Waals surface area contributed by atoms with Gasteiger partial charge in [0.2, 0.25) is 0 Å². The maximum Gasteiger partial charge on any atom is 0.115 e. The van der Waals surface area contributed by atoms with Crippen molar-refractivity contribution >= 4 is 0 Å². The lowest BCUT2D eigenvalue weighted by molar-refractivity contribution is 0.275. The number of phenols is 1. The highest BCUT2D eigenvalue weighted by atomic mass is 16.3. The second-order valence-corrected chi connectivity index (χ2v) is 5.45. The van der Waals surface area contributed by atoms with Crippen molar-refractivity contribution < 1.29 is 5.11 Å². The molecule has 0 saturated heterocycles. The molecule has 96 valence electrons. The number of hydrogen-bond donors (Lipinski definition) is 2. The lowest BCUT2D eigenvalue weighted by Gasteiger charge is -2.25. The molecule has 0 aromatic heterocycles. The van der Waals surface area contributed by atoms with Crippen LogP contribution in [0.5, 0.6) is 5.75 Å². The first-order valence-corrected chi connectivity index (χ1v) is 6.49. The minimum Gasteiger partial charge on any atom is -0.508 e. The molecule has 0 radical (unpaired) electrons. The topological polar surface area (TPSA) is 32.3 Å². The lowest BCUT2D eigenvalue weighted by atomic mass is 9.85. The van der Waals surface area contributed by atoms with E-state index in [1.165, 1.54) is 5.56 Å². The molecular weight excluding hydrogens is 210 g/mol. The standard InChI is InChI=1S/C15H25NO/c1-11(2)15(12(3)4)10-16-9-13-5-7-14(17)8-6-13/h5-8,11-12,15-17H,9-10H2,1-4H3. The van der Waals surface area contributed by atoms with E-state index >= 15 is 0 Å². The predicted octanol–water partition coefficient (Wildman–Crippen LogP) is 3.41. The molecule has 0 bridgehead atoms. The van der Waals surface area contributed by atoms with E-state index in [2.05, 4.69) is 33.0 Å². The van der Waals surface area contributed by atoms with Crippen molar-refractivity contribution in [3.05, 3.63) is 29.8 Å². The van der Waals surface area contributed by atoms with Gasteiger partial charge in [0.25, 0.3) is 0 Å². The fraction of sp³-hybridized carbons (Fsp3) is 0.600. The molecule has 0 fully saturated rings. The Labute approximate surface area is 105 Å². The van der Waals surface area contributed by atoms with Crippen molar-refractivity contribution in [3.63, 3.8) is 0 Å². The first-order valence-electron chi connectivity index (χ1n) is 6.49. The van der Waals surface area contributed by atoms with Gasteiger partial charge in [0, 0.05) is 6.54 Å². The van der Waals surface area contributed by atoms with Crippen molar-refractivity contribution in [2.24, 2.45) is 17.8 Å². The molecule has 0 spiro atoms. The highest BCUT2D eigenvalue weighted by molar-refractivity contribution is 5.25. The van der Waals surface area contributed by atoms with Gasteiger partial charge >= 0.3 is 0 Å². The van der Waals surface area contributed by atoms with Crippen LogP contribution in [0.1, 0.15) is 33.3 Å². The number of nitrogens with one attached hydrogen (secondary N) is 1. The quantitative estimate of drug-likeness (QED) is 0.792. The minimum atomic E-state index is 0.330. The van der Waals surface area contributed by atoms with Crippen molar-refractivity contribution in [1.29, 1.82) is 0 Å². The second kappa shape index (κ2) is 6.65. The third-order valence-corrected chi connectivity index (χ3v) is 3.36. The predicted molar refractivity (Wildman–Crippen MR) is 73.0 cm³/mol. The Hall–Kier alpha value is -1.02. The molecule has 0 heterocycles. The van der Waals surface area contributed by atoms with Gasteiger partial charge in [-0.2, -0.15) is 0 Å². The number of benzene rings is 1. The fourth-order valence-corrected chi connectivity index (χ4v) is 2.24. The van der Waals surface area contributed by atoms with Crippen LogP contribution in [-0.4, -0.2) is 11.7 Å². The third-order valence-electron chi connectivity index (χ3n) is 3.36. The normalized spacial score (nSPS) is 11.7. The summed E-state index contributed by atoms with van der Waals surface area (Å²) in [6.45, 7) is 11.1. The Bertz CT molecular complexity index is 308. The molecule has 2 heteroatoms. The summed E-state index contributed by atoms with van der Waals surface area (Å²) >= 11 is 0. The van der Waals surface area contributed by atoms with Crippen molar-refractivity contribution in [3.8, 4) is 5.75 Å². The molecule has 0 saturated carbocycles. The van der Waals surface area contributed by atoms with Crippen LogP contribution >= 0.6 is 0 Å². The van der Waals surface area contributed by atoms with E-state index in [-0.39, 0.29) is 0 Å². The van der Waals surface area contributed by atoms with Crippen LogP contribution in [0.25, 0.3) is 0 Å². The van der Waals surface area contributed by atoms with Gasteiger partial charge < -0.3 is 10.4 Å². The molecule has 17 heavy (non-hydrogen) atoms. The molecule has 2 N–H and O–H groups in total. The van der Waals surface area contributed by atoms with Gasteiger partial charge in [-0.15, -0.1) is 0 Å². The van der Waals surface area contributed by atoms with E-state index in [0.717, 1.165) is 13.1 Å². The van der Waals surface area contributed by atoms with Crippen LogP contribution in [-0.2, 0) is 6.54 Å². The number of aromatic hydroxyl groups is 1. The molecule has 1 aromatic rings. The van der Waals surface area contributed by atoms with Gasteiger partial charge in [-0.3, -0.25) is 0 Å². The summed E-state index contributed by atoms with van der Waals surface area (Å²) in [5, 5.41) is 12.7. The van der Waals surface area contributed by atoms with Crippen LogP contribution < -0.4 is 5.32 Å². The van der Waals surface area contributed by atoms with Gasteiger partial charge in [0.05, 0.1) is 0 Å². The molecule has 0 aliphatic rings. The zero-order valence-corrected chi connectivity index (χ0v) is 11.4. The maximum absolute atomic E-state index is 9.20. The average Bonchev–Trinajstić information content (AvgIpc) is 2.25. The molecule has 0 atom stereocenters. The Kier molecular flexibility index (Phi) is 5.49. The average molecular weight is 235 g/mol. The SMILES string of the molecule is CC(C)C(CNCc1ccc(O)cc1)C(C)C. The molecule has 1 aromatic carbocycles. The molecule has 0 aliphatic heterocycles. The molecule has 1 rings (SSSR count). The van der Waals surface area contributed by atoms with Crippen LogP contribution in [0.4, 0.5) is 0 Å². The van der Waals surface area contributed by atoms with E-state index in [0.29, 0.717) is 23.5 Å². The molecule has 0 amide bonds. The summed E-state index contributed by atoms with van der Waals surface area (Å²) in [6.07, 6.45) is 0. The van der Waals surface area contributed by atoms with Crippen LogP contribution in [0, 0.1) is 17.8 Å². The van der Waals surface area contributed by atoms with Crippen molar-refractivity contribution in [2.45, 2.75) is 34.2 Å². The van der Waals surface area contributed by atoms with Crippen molar-refractivity contribution in [1.82, 2.24) is 5.32 Å². The van der Waals surface area contributed by atoms with E-state index in [4.69, 9.17) is 0 Å². The zero-order valence-electron chi connectivity index (χ0n) is 11.4. The minimum absolute atomic E-state index is 0.330. The molecule has 0 unspecified atom stereocenters. The second-order valence-electron chi connectivity index (χ2n) is 5.45.